The second-order valence-electron chi connectivity index (χ2n) is 6.44. The van der Waals surface area contributed by atoms with E-state index in [-0.39, 0.29) is 6.03 Å². The van der Waals surface area contributed by atoms with Crippen LogP contribution in [-0.4, -0.2) is 64.7 Å². The number of piperazine rings is 1. The van der Waals surface area contributed by atoms with Crippen LogP contribution in [-0.2, 0) is 0 Å². The van der Waals surface area contributed by atoms with E-state index in [1.54, 1.807) is 44.6 Å². The third kappa shape index (κ3) is 4.90. The highest BCUT2D eigenvalue weighted by molar-refractivity contribution is 5.84. The fourth-order valence-corrected chi connectivity index (χ4v) is 3.22. The first-order valence-corrected chi connectivity index (χ1v) is 9.34. The lowest BCUT2D eigenvalue weighted by Gasteiger charge is -2.35. The molecule has 0 radical (unpaired) electrons. The molecule has 1 saturated heterocycles. The van der Waals surface area contributed by atoms with E-state index in [0.29, 0.717) is 35.9 Å². The molecule has 1 aliphatic rings. The Labute approximate surface area is 170 Å². The molecule has 0 aliphatic carbocycles. The van der Waals surface area contributed by atoms with E-state index in [9.17, 15) is 4.79 Å². The third-order valence-electron chi connectivity index (χ3n) is 4.75. The molecule has 0 saturated carbocycles. The molecule has 1 heterocycles. The van der Waals surface area contributed by atoms with Crippen LogP contribution in [0, 0.1) is 0 Å². The summed E-state index contributed by atoms with van der Waals surface area (Å²) in [6, 6.07) is 13.5. The number of para-hydroxylation sites is 1. The number of ether oxygens (including phenoxy) is 3. The zero-order valence-electron chi connectivity index (χ0n) is 16.9. The Morgan fingerprint density at radius 3 is 2.14 bits per heavy atom. The number of amides is 2. The lowest BCUT2D eigenvalue weighted by molar-refractivity contribution is 0.195. The van der Waals surface area contributed by atoms with Gasteiger partial charge in [0, 0.05) is 37.4 Å². The molecule has 8 heteroatoms. The summed E-state index contributed by atoms with van der Waals surface area (Å²) in [5, 5.41) is 4.07. The van der Waals surface area contributed by atoms with Crippen LogP contribution in [0.15, 0.2) is 47.6 Å². The largest absolute Gasteiger partial charge is 0.493 e. The monoisotopic (exact) mass is 398 g/mol. The molecule has 0 atom stereocenters. The molecule has 8 nitrogen and oxygen atoms in total. The summed E-state index contributed by atoms with van der Waals surface area (Å²) in [7, 11) is 4.65. The molecule has 0 unspecified atom stereocenters. The third-order valence-corrected chi connectivity index (χ3v) is 4.75. The molecule has 0 bridgehead atoms. The van der Waals surface area contributed by atoms with Crippen molar-refractivity contribution in [2.45, 2.75) is 0 Å². The van der Waals surface area contributed by atoms with Gasteiger partial charge in [-0.1, -0.05) is 18.2 Å². The smallest absolute Gasteiger partial charge is 0.337 e. The Morgan fingerprint density at radius 1 is 0.966 bits per heavy atom. The van der Waals surface area contributed by atoms with Crippen LogP contribution < -0.4 is 24.5 Å². The van der Waals surface area contributed by atoms with Gasteiger partial charge < -0.3 is 24.0 Å². The van der Waals surface area contributed by atoms with Crippen molar-refractivity contribution in [2.75, 3.05) is 52.4 Å². The number of anilines is 1. The molecule has 29 heavy (non-hydrogen) atoms. The average Bonchev–Trinajstić information content (AvgIpc) is 2.78. The van der Waals surface area contributed by atoms with E-state index >= 15 is 0 Å². The number of hydrogen-bond acceptors (Lipinski definition) is 6. The van der Waals surface area contributed by atoms with Crippen LogP contribution in [0.1, 0.15) is 5.56 Å². The highest BCUT2D eigenvalue weighted by atomic mass is 16.5. The number of urea groups is 1. The van der Waals surface area contributed by atoms with E-state index in [1.807, 2.05) is 18.2 Å². The normalized spacial score (nSPS) is 14.0. The molecular weight excluding hydrogens is 372 g/mol. The van der Waals surface area contributed by atoms with Crippen LogP contribution in [0.25, 0.3) is 0 Å². The van der Waals surface area contributed by atoms with Crippen molar-refractivity contribution in [3.63, 3.8) is 0 Å². The Hall–Kier alpha value is -3.42. The summed E-state index contributed by atoms with van der Waals surface area (Å²) in [6.07, 6.45) is 1.54. The summed E-state index contributed by atoms with van der Waals surface area (Å²) in [4.78, 5) is 16.4. The van der Waals surface area contributed by atoms with E-state index in [4.69, 9.17) is 14.2 Å². The van der Waals surface area contributed by atoms with Crippen molar-refractivity contribution in [1.82, 2.24) is 10.3 Å². The van der Waals surface area contributed by atoms with Gasteiger partial charge in [0.2, 0.25) is 5.75 Å². The fourth-order valence-electron chi connectivity index (χ4n) is 3.22. The van der Waals surface area contributed by atoms with Crippen molar-refractivity contribution >= 4 is 17.9 Å². The van der Waals surface area contributed by atoms with Gasteiger partial charge in [0.05, 0.1) is 27.5 Å². The van der Waals surface area contributed by atoms with Gasteiger partial charge in [-0.05, 0) is 24.3 Å². The Kier molecular flexibility index (Phi) is 6.78. The molecule has 3 rings (SSSR count). The van der Waals surface area contributed by atoms with Crippen molar-refractivity contribution in [3.8, 4) is 17.2 Å². The zero-order chi connectivity index (χ0) is 20.6. The first-order chi connectivity index (χ1) is 14.2. The number of hydrazone groups is 1. The number of hydrogen-bond donors (Lipinski definition) is 1. The molecule has 2 aromatic carbocycles. The van der Waals surface area contributed by atoms with Crippen LogP contribution in [0.3, 0.4) is 0 Å². The van der Waals surface area contributed by atoms with Crippen LogP contribution >= 0.6 is 0 Å². The predicted octanol–water partition coefficient (Wildman–Crippen LogP) is 2.58. The quantitative estimate of drug-likeness (QED) is 0.598. The van der Waals surface area contributed by atoms with Gasteiger partial charge in [-0.2, -0.15) is 5.10 Å². The lowest BCUT2D eigenvalue weighted by Crippen LogP contribution is -2.51. The molecule has 0 spiro atoms. The zero-order valence-corrected chi connectivity index (χ0v) is 16.9. The van der Waals surface area contributed by atoms with Crippen LogP contribution in [0.5, 0.6) is 17.2 Å². The summed E-state index contributed by atoms with van der Waals surface area (Å²) < 4.78 is 15.9. The van der Waals surface area contributed by atoms with E-state index in [1.165, 1.54) is 5.69 Å². The number of carbonyl (C=O) groups excluding carboxylic acids is 1. The van der Waals surface area contributed by atoms with E-state index < -0.39 is 0 Å². The average molecular weight is 398 g/mol. The summed E-state index contributed by atoms with van der Waals surface area (Å²) >= 11 is 0. The maximum absolute atomic E-state index is 12.4. The predicted molar refractivity (Wildman–Crippen MR) is 112 cm³/mol. The minimum atomic E-state index is -0.221. The molecule has 1 N–H and O–H groups in total. The second-order valence-corrected chi connectivity index (χ2v) is 6.44. The van der Waals surface area contributed by atoms with E-state index in [2.05, 4.69) is 27.6 Å². The van der Waals surface area contributed by atoms with Crippen LogP contribution in [0.2, 0.25) is 0 Å². The Balaban J connectivity index is 1.56. The SMILES string of the molecule is COc1cc(C=NNC(=O)N2CCN(c3ccccc3)CC2)cc(OC)c1OC. The van der Waals surface area contributed by atoms with Crippen LogP contribution in [0.4, 0.5) is 10.5 Å². The molecule has 1 fully saturated rings. The lowest BCUT2D eigenvalue weighted by atomic mass is 10.2. The number of nitrogens with zero attached hydrogens (tertiary/aromatic N) is 3. The topological polar surface area (TPSA) is 75.6 Å². The Bertz CT molecular complexity index is 824. The van der Waals surface area contributed by atoms with Gasteiger partial charge in [0.1, 0.15) is 0 Å². The van der Waals surface area contributed by atoms with Gasteiger partial charge >= 0.3 is 6.03 Å². The molecule has 2 amide bonds. The molecule has 2 aromatic rings. The molecular formula is C21H26N4O4. The Morgan fingerprint density at radius 2 is 1.59 bits per heavy atom. The molecule has 1 aliphatic heterocycles. The summed E-state index contributed by atoms with van der Waals surface area (Å²) in [5.41, 5.74) is 4.47. The van der Waals surface area contributed by atoms with Crippen molar-refractivity contribution in [3.05, 3.63) is 48.0 Å². The first kappa shape index (κ1) is 20.3. The van der Waals surface area contributed by atoms with Gasteiger partial charge in [-0.3, -0.25) is 0 Å². The minimum absolute atomic E-state index is 0.221. The highest BCUT2D eigenvalue weighted by Gasteiger charge is 2.21. The summed E-state index contributed by atoms with van der Waals surface area (Å²) in [5.74, 6) is 1.56. The van der Waals surface area contributed by atoms with Gasteiger partial charge in [0.15, 0.2) is 11.5 Å². The first-order valence-electron chi connectivity index (χ1n) is 9.34. The number of carbonyl (C=O) groups is 1. The fraction of sp³-hybridized carbons (Fsp3) is 0.333. The number of benzene rings is 2. The van der Waals surface area contributed by atoms with E-state index in [0.717, 1.165) is 13.1 Å². The maximum Gasteiger partial charge on any atom is 0.337 e. The van der Waals surface area contributed by atoms with Crippen molar-refractivity contribution in [2.24, 2.45) is 5.10 Å². The molecule has 154 valence electrons. The number of nitrogens with one attached hydrogen (secondary N) is 1. The number of rotatable bonds is 6. The van der Waals surface area contributed by atoms with Gasteiger partial charge in [-0.15, -0.1) is 0 Å². The van der Waals surface area contributed by atoms with Gasteiger partial charge in [0.25, 0.3) is 0 Å². The second kappa shape index (κ2) is 9.68. The molecule has 0 aromatic heterocycles. The maximum atomic E-state index is 12.4. The highest BCUT2D eigenvalue weighted by Crippen LogP contribution is 2.37. The standard InChI is InChI=1S/C21H26N4O4/c1-27-18-13-16(14-19(28-2)20(18)29-3)15-22-23-21(26)25-11-9-24(10-12-25)17-7-5-4-6-8-17/h4-8,13-15H,9-12H2,1-3H3,(H,23,26). The van der Waals surface area contributed by atoms with Crippen molar-refractivity contribution < 1.29 is 19.0 Å². The summed E-state index contributed by atoms with van der Waals surface area (Å²) in [6.45, 7) is 2.85. The van der Waals surface area contributed by atoms with Crippen molar-refractivity contribution in [1.29, 1.82) is 0 Å². The van der Waals surface area contributed by atoms with Gasteiger partial charge in [-0.25, -0.2) is 10.2 Å². The minimum Gasteiger partial charge on any atom is -0.493 e. The number of methoxy groups -OCH3 is 3.